The van der Waals surface area contributed by atoms with E-state index in [-0.39, 0.29) is 13.0 Å². The van der Waals surface area contributed by atoms with Gasteiger partial charge in [0.2, 0.25) is 0 Å². The Hall–Kier alpha value is -0.120. The van der Waals surface area contributed by atoms with Crippen molar-refractivity contribution in [1.29, 1.82) is 0 Å². The Kier molecular flexibility index (Phi) is 10.5. The van der Waals surface area contributed by atoms with Gasteiger partial charge in [0, 0.05) is 18.1 Å². The van der Waals surface area contributed by atoms with E-state index in [9.17, 15) is 0 Å². The number of hydrogen-bond donors (Lipinski definition) is 2. The lowest BCUT2D eigenvalue weighted by molar-refractivity contribution is 0.240. The molecular weight excluding hydrogens is 246 g/mol. The van der Waals surface area contributed by atoms with Crippen molar-refractivity contribution in [2.24, 2.45) is 0 Å². The van der Waals surface area contributed by atoms with E-state index in [0.29, 0.717) is 6.04 Å². The molecule has 0 amide bonds. The van der Waals surface area contributed by atoms with E-state index < -0.39 is 0 Å². The number of likely N-dealkylation sites (tertiary alicyclic amines) is 1. The summed E-state index contributed by atoms with van der Waals surface area (Å²) in [5.41, 5.74) is 0.268. The fourth-order valence-corrected chi connectivity index (χ4v) is 2.86. The van der Waals surface area contributed by atoms with Crippen molar-refractivity contribution in [2.75, 3.05) is 32.7 Å². The molecule has 20 heavy (non-hydrogen) atoms. The lowest BCUT2D eigenvalue weighted by Crippen LogP contribution is -2.50. The van der Waals surface area contributed by atoms with Crippen LogP contribution in [0, 0.1) is 0 Å². The van der Waals surface area contributed by atoms with Crippen LogP contribution in [-0.2, 0) is 0 Å². The molecule has 2 aliphatic heterocycles. The molecule has 0 spiro atoms. The smallest absolute Gasteiger partial charge is 0.0197 e. The minimum Gasteiger partial charge on any atom is -0.315 e. The lowest BCUT2D eigenvalue weighted by atomic mass is 10.0. The fourth-order valence-electron chi connectivity index (χ4n) is 2.86. The predicted molar refractivity (Wildman–Crippen MR) is 91.5 cm³/mol. The van der Waals surface area contributed by atoms with E-state index >= 15 is 0 Å². The molecule has 3 nitrogen and oxygen atoms in total. The first-order valence-corrected chi connectivity index (χ1v) is 8.22. The van der Waals surface area contributed by atoms with Crippen LogP contribution in [-0.4, -0.2) is 49.2 Å². The molecule has 0 aliphatic carbocycles. The van der Waals surface area contributed by atoms with Gasteiger partial charge in [-0.1, -0.05) is 20.8 Å². The summed E-state index contributed by atoms with van der Waals surface area (Å²) in [6, 6.07) is 0.684. The molecule has 2 heterocycles. The van der Waals surface area contributed by atoms with Gasteiger partial charge in [-0.15, -0.1) is 0 Å². The van der Waals surface area contributed by atoms with Crippen LogP contribution >= 0.6 is 0 Å². The van der Waals surface area contributed by atoms with Crippen molar-refractivity contribution in [3.05, 3.63) is 0 Å². The second-order valence-electron chi connectivity index (χ2n) is 6.93. The van der Waals surface area contributed by atoms with E-state index in [1.165, 1.54) is 58.3 Å². The van der Waals surface area contributed by atoms with E-state index in [0.717, 1.165) is 6.54 Å². The van der Waals surface area contributed by atoms with Crippen molar-refractivity contribution in [3.8, 4) is 0 Å². The number of nitrogens with zero attached hydrogens (tertiary/aromatic N) is 1. The van der Waals surface area contributed by atoms with Gasteiger partial charge in [0.25, 0.3) is 0 Å². The number of piperidine rings is 2. The standard InChI is InChI=1S/C9H20N2.C7H15N.CH4/c1-9(2,3)11-8-5-4-6-10-7-8;1-2-8-6-4-3-5-7-8;/h8,10-11H,4-7H2,1-3H3;2-7H2,1H3;1H4. The number of nitrogens with one attached hydrogen (secondary N) is 2. The van der Waals surface area contributed by atoms with E-state index in [4.69, 9.17) is 0 Å². The van der Waals surface area contributed by atoms with Crippen LogP contribution in [0.2, 0.25) is 0 Å². The minimum absolute atomic E-state index is 0. The molecule has 2 fully saturated rings. The van der Waals surface area contributed by atoms with Gasteiger partial charge in [-0.3, -0.25) is 0 Å². The van der Waals surface area contributed by atoms with Gasteiger partial charge in [-0.25, -0.2) is 0 Å². The van der Waals surface area contributed by atoms with Crippen LogP contribution in [0.15, 0.2) is 0 Å². The normalized spacial score (nSPS) is 24.3. The lowest BCUT2D eigenvalue weighted by Gasteiger charge is -2.31. The highest BCUT2D eigenvalue weighted by molar-refractivity contribution is 4.81. The van der Waals surface area contributed by atoms with Crippen molar-refractivity contribution in [3.63, 3.8) is 0 Å². The molecule has 1 unspecified atom stereocenters. The van der Waals surface area contributed by atoms with E-state index in [1.807, 2.05) is 0 Å². The molecule has 0 radical (unpaired) electrons. The molecule has 1 atom stereocenters. The third-order valence-corrected chi connectivity index (χ3v) is 3.83. The molecular formula is C17H39N3. The summed E-state index contributed by atoms with van der Waals surface area (Å²) in [6.45, 7) is 15.2. The zero-order chi connectivity index (χ0) is 14.1. The second-order valence-corrected chi connectivity index (χ2v) is 6.93. The molecule has 3 heteroatoms. The summed E-state index contributed by atoms with van der Waals surface area (Å²) < 4.78 is 0. The highest BCUT2D eigenvalue weighted by Gasteiger charge is 2.18. The second kappa shape index (κ2) is 10.6. The van der Waals surface area contributed by atoms with Gasteiger partial charge >= 0.3 is 0 Å². The zero-order valence-corrected chi connectivity index (χ0v) is 13.6. The van der Waals surface area contributed by atoms with Gasteiger partial charge in [0.1, 0.15) is 0 Å². The highest BCUT2D eigenvalue weighted by Crippen LogP contribution is 2.07. The molecule has 0 aromatic rings. The third kappa shape index (κ3) is 9.73. The van der Waals surface area contributed by atoms with E-state index in [1.54, 1.807) is 0 Å². The van der Waals surface area contributed by atoms with Gasteiger partial charge in [0.15, 0.2) is 0 Å². The number of hydrogen-bond acceptors (Lipinski definition) is 3. The largest absolute Gasteiger partial charge is 0.315 e. The summed E-state index contributed by atoms with van der Waals surface area (Å²) in [4.78, 5) is 2.52. The summed E-state index contributed by atoms with van der Waals surface area (Å²) in [5.74, 6) is 0. The van der Waals surface area contributed by atoms with Gasteiger partial charge in [-0.2, -0.15) is 0 Å². The maximum atomic E-state index is 3.60. The van der Waals surface area contributed by atoms with Crippen LogP contribution in [0.5, 0.6) is 0 Å². The monoisotopic (exact) mass is 285 g/mol. The summed E-state index contributed by atoms with van der Waals surface area (Å²) >= 11 is 0. The summed E-state index contributed by atoms with van der Waals surface area (Å²) in [5, 5.41) is 6.99. The Morgan fingerprint density at radius 3 is 2.15 bits per heavy atom. The van der Waals surface area contributed by atoms with Gasteiger partial charge in [0.05, 0.1) is 0 Å². The number of rotatable bonds is 2. The Balaban J connectivity index is 0.000000359. The maximum absolute atomic E-state index is 3.60. The Morgan fingerprint density at radius 1 is 1.10 bits per heavy atom. The topological polar surface area (TPSA) is 27.3 Å². The van der Waals surface area contributed by atoms with Crippen molar-refractivity contribution >= 4 is 0 Å². The van der Waals surface area contributed by atoms with Crippen LogP contribution in [0.25, 0.3) is 0 Å². The Bertz CT molecular complexity index is 211. The molecule has 2 N–H and O–H groups in total. The maximum Gasteiger partial charge on any atom is 0.0197 e. The van der Waals surface area contributed by atoms with Crippen molar-refractivity contribution < 1.29 is 0 Å². The van der Waals surface area contributed by atoms with Crippen LogP contribution in [0.3, 0.4) is 0 Å². The first-order valence-electron chi connectivity index (χ1n) is 8.22. The van der Waals surface area contributed by atoms with Crippen LogP contribution < -0.4 is 10.6 Å². The summed E-state index contributed by atoms with van der Waals surface area (Å²) in [6.07, 6.45) is 6.94. The quantitative estimate of drug-likeness (QED) is 0.815. The predicted octanol–water partition coefficient (Wildman–Crippen LogP) is 3.25. The average Bonchev–Trinajstić information content (AvgIpc) is 2.40. The Labute approximate surface area is 127 Å². The molecule has 122 valence electrons. The van der Waals surface area contributed by atoms with Crippen LogP contribution in [0.4, 0.5) is 0 Å². The highest BCUT2D eigenvalue weighted by atomic mass is 15.1. The molecule has 0 aromatic heterocycles. The Morgan fingerprint density at radius 2 is 1.75 bits per heavy atom. The molecule has 0 aromatic carbocycles. The zero-order valence-electron chi connectivity index (χ0n) is 13.6. The average molecular weight is 286 g/mol. The van der Waals surface area contributed by atoms with Crippen molar-refractivity contribution in [1.82, 2.24) is 15.5 Å². The first kappa shape index (κ1) is 19.9. The fraction of sp³-hybridized carbons (Fsp3) is 1.00. The van der Waals surface area contributed by atoms with E-state index in [2.05, 4.69) is 43.2 Å². The van der Waals surface area contributed by atoms with Gasteiger partial charge in [-0.05, 0) is 72.6 Å². The summed E-state index contributed by atoms with van der Waals surface area (Å²) in [7, 11) is 0. The minimum atomic E-state index is 0. The van der Waals surface area contributed by atoms with Gasteiger partial charge < -0.3 is 15.5 Å². The SMILES string of the molecule is C.CC(C)(C)NC1CCCNC1.CCN1CCCCC1. The van der Waals surface area contributed by atoms with Crippen molar-refractivity contribution in [2.45, 2.75) is 78.8 Å². The molecule has 2 saturated heterocycles. The first-order chi connectivity index (χ1) is 9.01. The van der Waals surface area contributed by atoms with Crippen LogP contribution in [0.1, 0.15) is 67.2 Å². The molecule has 0 saturated carbocycles. The third-order valence-electron chi connectivity index (χ3n) is 3.83. The molecule has 2 rings (SSSR count). The molecule has 0 bridgehead atoms. The molecule has 2 aliphatic rings.